The van der Waals surface area contributed by atoms with Gasteiger partial charge in [-0.2, -0.15) is 0 Å². The Hall–Kier alpha value is -1.46. The quantitative estimate of drug-likeness (QED) is 0.833. The number of hydrogen-bond acceptors (Lipinski definition) is 4. The molecule has 0 bridgehead atoms. The minimum atomic E-state index is -0.0836. The second-order valence-electron chi connectivity index (χ2n) is 6.04. The fourth-order valence-corrected chi connectivity index (χ4v) is 2.92. The lowest BCUT2D eigenvalue weighted by Gasteiger charge is -2.20. The average molecular weight is 343 g/mol. The van der Waals surface area contributed by atoms with Crippen LogP contribution in [0.15, 0.2) is 18.2 Å². The number of nitrogens with one attached hydrogen (secondary N) is 1. The van der Waals surface area contributed by atoms with Crippen LogP contribution in [0.2, 0.25) is 0 Å². The van der Waals surface area contributed by atoms with E-state index in [1.54, 1.807) is 25.3 Å². The molecule has 2 unspecified atom stereocenters. The molecule has 0 saturated heterocycles. The van der Waals surface area contributed by atoms with Crippen LogP contribution in [0.25, 0.3) is 0 Å². The zero-order chi connectivity index (χ0) is 16.1. The number of carbonyl (C=O) groups excluding carboxylic acids is 1. The fourth-order valence-electron chi connectivity index (χ4n) is 2.92. The van der Waals surface area contributed by atoms with Crippen LogP contribution in [-0.4, -0.2) is 31.7 Å². The first-order chi connectivity index (χ1) is 10.5. The number of methoxy groups -OCH3 is 1. The van der Waals surface area contributed by atoms with Crippen molar-refractivity contribution in [2.45, 2.75) is 45.3 Å². The normalized spacial score (nSPS) is 20.0. The van der Waals surface area contributed by atoms with Gasteiger partial charge in [-0.05, 0) is 57.4 Å². The number of carbonyl (C=O) groups is 1. The summed E-state index contributed by atoms with van der Waals surface area (Å²) < 4.78 is 11.0. The van der Waals surface area contributed by atoms with Crippen molar-refractivity contribution in [3.63, 3.8) is 0 Å². The van der Waals surface area contributed by atoms with Crippen molar-refractivity contribution in [1.29, 1.82) is 0 Å². The van der Waals surface area contributed by atoms with E-state index in [2.05, 4.69) is 5.32 Å². The van der Waals surface area contributed by atoms with Gasteiger partial charge in [0, 0.05) is 11.6 Å². The predicted molar refractivity (Wildman–Crippen MR) is 93.7 cm³/mol. The minimum Gasteiger partial charge on any atom is -0.493 e. The van der Waals surface area contributed by atoms with Crippen LogP contribution < -0.4 is 20.5 Å². The molecule has 1 aliphatic rings. The maximum absolute atomic E-state index is 12.4. The lowest BCUT2D eigenvalue weighted by atomic mass is 10.0. The molecule has 5 nitrogen and oxygen atoms in total. The number of benzene rings is 1. The average Bonchev–Trinajstić information content (AvgIpc) is 2.94. The van der Waals surface area contributed by atoms with Gasteiger partial charge in [0.2, 0.25) is 0 Å². The van der Waals surface area contributed by atoms with Gasteiger partial charge in [-0.25, -0.2) is 0 Å². The summed E-state index contributed by atoms with van der Waals surface area (Å²) in [6, 6.07) is 5.44. The van der Waals surface area contributed by atoms with Gasteiger partial charge in [-0.1, -0.05) is 6.42 Å². The number of nitrogens with two attached hydrogens (primary N) is 1. The van der Waals surface area contributed by atoms with E-state index in [-0.39, 0.29) is 30.5 Å². The third kappa shape index (κ3) is 5.01. The fraction of sp³-hybridized carbons (Fsp3) is 0.588. The van der Waals surface area contributed by atoms with E-state index < -0.39 is 0 Å². The molecule has 1 amide bonds. The first-order valence-electron chi connectivity index (χ1n) is 7.90. The maximum atomic E-state index is 12.4. The number of hydrogen-bond donors (Lipinski definition) is 2. The molecule has 2 rings (SSSR count). The van der Waals surface area contributed by atoms with E-state index in [4.69, 9.17) is 15.2 Å². The number of halogens is 1. The Labute approximate surface area is 144 Å². The molecule has 2 atom stereocenters. The molecule has 23 heavy (non-hydrogen) atoms. The zero-order valence-corrected chi connectivity index (χ0v) is 14.8. The third-order valence-electron chi connectivity index (χ3n) is 4.07. The molecule has 0 aliphatic heterocycles. The molecule has 6 heteroatoms. The van der Waals surface area contributed by atoms with Gasteiger partial charge in [0.1, 0.15) is 0 Å². The van der Waals surface area contributed by atoms with Crippen LogP contribution in [0.4, 0.5) is 0 Å². The van der Waals surface area contributed by atoms with Gasteiger partial charge in [-0.3, -0.25) is 4.79 Å². The van der Waals surface area contributed by atoms with Crippen molar-refractivity contribution in [2.75, 3.05) is 13.7 Å². The predicted octanol–water partition coefficient (Wildman–Crippen LogP) is 2.76. The van der Waals surface area contributed by atoms with Crippen LogP contribution in [0, 0.1) is 5.92 Å². The summed E-state index contributed by atoms with van der Waals surface area (Å²) in [4.78, 5) is 12.4. The van der Waals surface area contributed by atoms with Crippen LogP contribution in [-0.2, 0) is 0 Å². The third-order valence-corrected chi connectivity index (χ3v) is 4.07. The standard InChI is InChI=1S/C17H26N2O3.ClH/c1-11(2)22-15-8-7-12(9-16(15)21-3)17(20)19-14-6-4-5-13(14)10-18;/h7-9,11,13-14H,4-6,10,18H2,1-3H3,(H,19,20);1H. The van der Waals surface area contributed by atoms with Crippen molar-refractivity contribution in [3.05, 3.63) is 23.8 Å². The van der Waals surface area contributed by atoms with E-state index in [0.29, 0.717) is 29.5 Å². The molecule has 1 aliphatic carbocycles. The lowest BCUT2D eigenvalue weighted by Crippen LogP contribution is -2.39. The zero-order valence-electron chi connectivity index (χ0n) is 14.0. The molecule has 0 spiro atoms. The lowest BCUT2D eigenvalue weighted by molar-refractivity contribution is 0.0928. The van der Waals surface area contributed by atoms with E-state index in [1.807, 2.05) is 13.8 Å². The summed E-state index contributed by atoms with van der Waals surface area (Å²) in [6.07, 6.45) is 3.26. The molecule has 0 heterocycles. The second-order valence-corrected chi connectivity index (χ2v) is 6.04. The molecule has 3 N–H and O–H groups in total. The second kappa shape index (κ2) is 8.99. The Bertz CT molecular complexity index is 523. The number of rotatable bonds is 6. The molecule has 0 radical (unpaired) electrons. The van der Waals surface area contributed by atoms with Crippen molar-refractivity contribution in [1.82, 2.24) is 5.32 Å². The summed E-state index contributed by atoms with van der Waals surface area (Å²) in [5.74, 6) is 1.52. The highest BCUT2D eigenvalue weighted by Crippen LogP contribution is 2.30. The SMILES string of the molecule is COc1cc(C(=O)NC2CCCC2CN)ccc1OC(C)C.Cl. The highest BCUT2D eigenvalue weighted by atomic mass is 35.5. The van der Waals surface area contributed by atoms with E-state index in [0.717, 1.165) is 19.3 Å². The first kappa shape index (κ1) is 19.6. The van der Waals surface area contributed by atoms with Crippen LogP contribution in [0.3, 0.4) is 0 Å². The van der Waals surface area contributed by atoms with Gasteiger partial charge in [0.15, 0.2) is 11.5 Å². The Morgan fingerprint density at radius 1 is 1.35 bits per heavy atom. The Kier molecular flexibility index (Phi) is 7.65. The van der Waals surface area contributed by atoms with Crippen molar-refractivity contribution >= 4 is 18.3 Å². The summed E-state index contributed by atoms with van der Waals surface area (Å²) in [5.41, 5.74) is 6.34. The van der Waals surface area contributed by atoms with E-state index >= 15 is 0 Å². The summed E-state index contributed by atoms with van der Waals surface area (Å²) in [5, 5.41) is 3.09. The molecular formula is C17H27ClN2O3. The smallest absolute Gasteiger partial charge is 0.251 e. The topological polar surface area (TPSA) is 73.6 Å². The van der Waals surface area contributed by atoms with Gasteiger partial charge in [0.25, 0.3) is 5.91 Å². The highest BCUT2D eigenvalue weighted by molar-refractivity contribution is 5.95. The Morgan fingerprint density at radius 2 is 2.09 bits per heavy atom. The molecular weight excluding hydrogens is 316 g/mol. The highest BCUT2D eigenvalue weighted by Gasteiger charge is 2.27. The molecule has 1 aromatic carbocycles. The van der Waals surface area contributed by atoms with Crippen LogP contribution in [0.1, 0.15) is 43.5 Å². The molecule has 1 fully saturated rings. The monoisotopic (exact) mass is 342 g/mol. The molecule has 0 aromatic heterocycles. The Balaban J connectivity index is 0.00000264. The Morgan fingerprint density at radius 3 is 2.70 bits per heavy atom. The summed E-state index contributed by atoms with van der Waals surface area (Å²) in [6.45, 7) is 4.52. The first-order valence-corrected chi connectivity index (χ1v) is 7.90. The van der Waals surface area contributed by atoms with Crippen molar-refractivity contribution in [2.24, 2.45) is 11.7 Å². The molecule has 1 saturated carbocycles. The minimum absolute atomic E-state index is 0. The van der Waals surface area contributed by atoms with Crippen LogP contribution >= 0.6 is 12.4 Å². The van der Waals surface area contributed by atoms with E-state index in [9.17, 15) is 4.79 Å². The molecule has 1 aromatic rings. The van der Waals surface area contributed by atoms with Crippen LogP contribution in [0.5, 0.6) is 11.5 Å². The van der Waals surface area contributed by atoms with Gasteiger partial charge >= 0.3 is 0 Å². The summed E-state index contributed by atoms with van der Waals surface area (Å²) >= 11 is 0. The van der Waals surface area contributed by atoms with Crippen molar-refractivity contribution < 1.29 is 14.3 Å². The van der Waals surface area contributed by atoms with Crippen molar-refractivity contribution in [3.8, 4) is 11.5 Å². The number of ether oxygens (including phenoxy) is 2. The maximum Gasteiger partial charge on any atom is 0.251 e. The summed E-state index contributed by atoms with van der Waals surface area (Å²) in [7, 11) is 1.58. The largest absolute Gasteiger partial charge is 0.493 e. The van der Waals surface area contributed by atoms with Gasteiger partial charge in [0.05, 0.1) is 13.2 Å². The molecule has 130 valence electrons. The van der Waals surface area contributed by atoms with Gasteiger partial charge < -0.3 is 20.5 Å². The van der Waals surface area contributed by atoms with Gasteiger partial charge in [-0.15, -0.1) is 12.4 Å². The number of amides is 1. The van der Waals surface area contributed by atoms with E-state index in [1.165, 1.54) is 0 Å².